The van der Waals surface area contributed by atoms with Gasteiger partial charge in [-0.15, -0.1) is 0 Å². The van der Waals surface area contributed by atoms with E-state index in [1.807, 2.05) is 4.98 Å². The molecule has 16 nitrogen and oxygen atoms in total. The summed E-state index contributed by atoms with van der Waals surface area (Å²) in [5.74, 6) is 0. The molecule has 2 aliphatic rings. The molecule has 4 aromatic rings. The van der Waals surface area contributed by atoms with Gasteiger partial charge in [0.05, 0.1) is 42.8 Å². The summed E-state index contributed by atoms with van der Waals surface area (Å²) in [5.41, 5.74) is -4.19. The van der Waals surface area contributed by atoms with E-state index in [4.69, 9.17) is 0 Å². The maximum absolute atomic E-state index is 12.9. The van der Waals surface area contributed by atoms with Crippen LogP contribution in [0.1, 0.15) is 28.3 Å². The minimum Gasteiger partial charge on any atom is -0.744 e. The summed E-state index contributed by atoms with van der Waals surface area (Å²) < 4.78 is 152. The predicted octanol–water partition coefficient (Wildman–Crippen LogP) is -10.3. The van der Waals surface area contributed by atoms with Crippen LogP contribution < -0.4 is 118 Å². The number of aromatic amines is 2. The van der Waals surface area contributed by atoms with Crippen molar-refractivity contribution in [2.75, 3.05) is 0 Å². The first-order valence-electron chi connectivity index (χ1n) is 12.4. The third kappa shape index (κ3) is 9.21. The predicted molar refractivity (Wildman–Crippen MR) is 156 cm³/mol. The zero-order valence-electron chi connectivity index (χ0n) is 26.4. The number of H-pyrrole nitrogens is 2. The van der Waals surface area contributed by atoms with Gasteiger partial charge in [0.25, 0.3) is 0 Å². The number of aromatic nitrogens is 4. The molecule has 2 N–H and O–H groups in total. The zero-order chi connectivity index (χ0) is 33.4. The molecular weight excluding hydrogens is 781 g/mol. The molecular formula is C26H14N4Na4O12S4. The average Bonchev–Trinajstić information content (AvgIpc) is 3.69. The fourth-order valence-electron chi connectivity index (χ4n) is 5.05. The minimum absolute atomic E-state index is 0. The summed E-state index contributed by atoms with van der Waals surface area (Å²) >= 11 is 0. The maximum Gasteiger partial charge on any atom is 1.00 e. The molecule has 2 aliphatic heterocycles. The molecule has 24 heteroatoms. The van der Waals surface area contributed by atoms with Crippen LogP contribution in [0, 0.1) is 0 Å². The second-order valence-corrected chi connectivity index (χ2v) is 15.0. The summed E-state index contributed by atoms with van der Waals surface area (Å²) in [7, 11) is -24.1. The van der Waals surface area contributed by atoms with Gasteiger partial charge in [0.2, 0.25) is 0 Å². The van der Waals surface area contributed by atoms with Crippen LogP contribution in [0.15, 0.2) is 75.4 Å². The Bertz CT molecular complexity index is 2700. The largest absolute Gasteiger partial charge is 1.00 e. The number of nitrogens with zero attached hydrogens (tertiary/aromatic N) is 2. The summed E-state index contributed by atoms with van der Waals surface area (Å²) in [6.07, 6.45) is 2.73. The van der Waals surface area contributed by atoms with Gasteiger partial charge >= 0.3 is 118 Å². The van der Waals surface area contributed by atoms with Crippen LogP contribution in [-0.4, -0.2) is 71.8 Å². The molecule has 238 valence electrons. The monoisotopic (exact) mass is 794 g/mol. The van der Waals surface area contributed by atoms with Gasteiger partial charge in [0.15, 0.2) is 0 Å². The van der Waals surface area contributed by atoms with Gasteiger partial charge in [-0.1, -0.05) is 30.3 Å². The minimum atomic E-state index is -6.18. The van der Waals surface area contributed by atoms with Crippen molar-refractivity contribution in [2.45, 2.75) is 14.7 Å². The number of hydrogen-bond donors (Lipinski definition) is 2. The Hall–Kier alpha value is -0.540. The average molecular weight is 795 g/mol. The summed E-state index contributed by atoms with van der Waals surface area (Å²) in [6.45, 7) is 0. The first-order chi connectivity index (χ1) is 21.3. The molecule has 0 spiro atoms. The van der Waals surface area contributed by atoms with Crippen molar-refractivity contribution in [3.63, 3.8) is 0 Å². The smallest absolute Gasteiger partial charge is 0.744 e. The first-order valence-corrected chi connectivity index (χ1v) is 18.1. The number of hydrogen-bond acceptors (Lipinski definition) is 14. The van der Waals surface area contributed by atoms with Crippen LogP contribution in [0.5, 0.6) is 0 Å². The van der Waals surface area contributed by atoms with Crippen molar-refractivity contribution in [2.24, 2.45) is 0 Å². The Morgan fingerprint density at radius 3 is 1.58 bits per heavy atom. The van der Waals surface area contributed by atoms with Gasteiger partial charge < -0.3 is 28.2 Å². The van der Waals surface area contributed by atoms with E-state index < -0.39 is 88.1 Å². The van der Waals surface area contributed by atoms with E-state index in [1.54, 1.807) is 6.07 Å². The van der Waals surface area contributed by atoms with E-state index >= 15 is 0 Å². The molecule has 50 heavy (non-hydrogen) atoms. The molecule has 6 rings (SSSR count). The van der Waals surface area contributed by atoms with Crippen LogP contribution in [0.4, 0.5) is 0 Å². The van der Waals surface area contributed by atoms with Crippen molar-refractivity contribution in [1.82, 2.24) is 19.9 Å². The Kier molecular flexibility index (Phi) is 15.0. The molecule has 0 aliphatic carbocycles. The van der Waals surface area contributed by atoms with Crippen molar-refractivity contribution in [3.8, 4) is 0 Å². The van der Waals surface area contributed by atoms with E-state index in [1.165, 1.54) is 60.7 Å². The number of fused-ring (bicyclic) bond motifs is 8. The molecule has 0 atom stereocenters. The maximum atomic E-state index is 12.9. The molecule has 0 saturated carbocycles. The normalized spacial score (nSPS) is 13.0. The van der Waals surface area contributed by atoms with E-state index in [0.29, 0.717) is 5.52 Å². The van der Waals surface area contributed by atoms with Crippen LogP contribution >= 0.6 is 0 Å². The van der Waals surface area contributed by atoms with E-state index in [-0.39, 0.29) is 141 Å². The Morgan fingerprint density at radius 1 is 0.540 bits per heavy atom. The quantitative estimate of drug-likeness (QED) is 0.123. The Labute approximate surface area is 373 Å². The number of benzene rings is 1. The molecule has 1 aromatic carbocycles. The molecule has 0 saturated heterocycles. The van der Waals surface area contributed by atoms with E-state index in [9.17, 15) is 51.9 Å². The third-order valence-electron chi connectivity index (χ3n) is 6.67. The molecule has 0 amide bonds. The van der Waals surface area contributed by atoms with Gasteiger partial charge in [0, 0.05) is 16.6 Å². The molecule has 0 unspecified atom stereocenters. The Balaban J connectivity index is 0.00000217. The molecule has 0 fully saturated rings. The van der Waals surface area contributed by atoms with Gasteiger partial charge in [-0.25, -0.2) is 43.6 Å². The third-order valence-corrected chi connectivity index (χ3v) is 10.4. The topological polar surface area (TPSA) is 286 Å². The summed E-state index contributed by atoms with van der Waals surface area (Å²) in [5, 5.41) is 0. The van der Waals surface area contributed by atoms with Gasteiger partial charge in [-0.05, 0) is 48.0 Å². The second-order valence-electron chi connectivity index (χ2n) is 9.73. The van der Waals surface area contributed by atoms with Crippen molar-refractivity contribution in [1.29, 1.82) is 0 Å². The van der Waals surface area contributed by atoms with Crippen LogP contribution in [0.2, 0.25) is 0 Å². The standard InChI is InChI=1S/C26H18N4O12S4.4Na/c31-43(32,33)23-19-12-17-9-7-15(28-17)10-14-6-8-16(27-14)11-18-20(13-4-2-1-3-5-13)24(44(34,35)36)21(29-18)25(45(37,38)39)22(30-19)26(23)46(40,41)42;;;;/h1-12,27,30H,(H,31,32,33)(H,34,35,36)(H,37,38,39)(H,40,41,42);;;;/q;4*+1/p-4. The van der Waals surface area contributed by atoms with Gasteiger partial charge in [-0.3, -0.25) is 0 Å². The van der Waals surface area contributed by atoms with Crippen LogP contribution in [0.3, 0.4) is 0 Å². The summed E-state index contributed by atoms with van der Waals surface area (Å²) in [6, 6.07) is 13.6. The molecule has 3 aromatic heterocycles. The Morgan fingerprint density at radius 2 is 1.06 bits per heavy atom. The first kappa shape index (κ1) is 45.6. The molecule has 5 heterocycles. The molecule has 8 bridgehead atoms. The fourth-order valence-corrected chi connectivity index (χ4v) is 8.88. The van der Waals surface area contributed by atoms with E-state index in [2.05, 4.69) is 15.0 Å². The molecule has 0 radical (unpaired) electrons. The van der Waals surface area contributed by atoms with Gasteiger partial charge in [-0.2, -0.15) is 0 Å². The van der Waals surface area contributed by atoms with E-state index in [0.717, 1.165) is 6.07 Å². The van der Waals surface area contributed by atoms with Gasteiger partial charge in [0.1, 0.15) is 51.1 Å². The SMILES string of the molecule is O=S(=O)([O-])C1=C(c2ccccc2)c2cc3ccc(cc4nc(cc5[nH]c(c(S(=O)(=O)[O-])c1n2)c(S(=O)(=O)[O-])c5S(=O)(=O)[O-])C=C4)[nH]3.[Na+].[Na+].[Na+].[Na+]. The number of nitrogens with one attached hydrogen (secondary N) is 2. The number of rotatable bonds is 5. The van der Waals surface area contributed by atoms with Crippen LogP contribution in [0.25, 0.3) is 44.7 Å². The summed E-state index contributed by atoms with van der Waals surface area (Å²) in [4.78, 5) is 6.04. The fraction of sp³-hybridized carbons (Fsp3) is 0. The zero-order valence-corrected chi connectivity index (χ0v) is 37.6. The van der Waals surface area contributed by atoms with Crippen molar-refractivity contribution < 1.29 is 170 Å². The van der Waals surface area contributed by atoms with Crippen LogP contribution in [-0.2, 0) is 40.5 Å². The van der Waals surface area contributed by atoms with Crippen molar-refractivity contribution >= 4 is 85.2 Å². The second kappa shape index (κ2) is 16.4. The van der Waals surface area contributed by atoms with Crippen molar-refractivity contribution in [3.05, 3.63) is 89.0 Å².